The van der Waals surface area contributed by atoms with E-state index in [-0.39, 0.29) is 11.3 Å². The molecular formula is C23H27F3N4O3. The lowest BCUT2D eigenvalue weighted by Gasteiger charge is -2.41. The van der Waals surface area contributed by atoms with Crippen molar-refractivity contribution in [3.05, 3.63) is 52.8 Å². The van der Waals surface area contributed by atoms with E-state index in [9.17, 15) is 18.0 Å². The molecule has 1 aromatic heterocycles. The molecule has 2 aromatic rings. The summed E-state index contributed by atoms with van der Waals surface area (Å²) in [5.74, 6) is -1.67. The highest BCUT2D eigenvalue weighted by Gasteiger charge is 2.45. The maximum absolute atomic E-state index is 13.2. The Morgan fingerprint density at radius 2 is 1.58 bits per heavy atom. The number of aliphatic carboxylic acids is 1. The standard InChI is InChI=1S/C21H26N4O.C2HF3O2/c1-15-12-16(2)23-20(22-15)25-10-8-21(9-11-25)13-17-6-4-5-7-18(17)14-24(3)19(21)26;3-2(4,5)1(6)7/h4-7,12H,8-11,13-14H2,1-3H3;(H,6,7). The van der Waals surface area contributed by atoms with Crippen LogP contribution in [0.1, 0.15) is 35.4 Å². The molecule has 1 N–H and O–H groups in total. The molecule has 0 saturated carbocycles. The number of alkyl halides is 3. The fraction of sp³-hybridized carbons (Fsp3) is 0.478. The summed E-state index contributed by atoms with van der Waals surface area (Å²) in [7, 11) is 1.94. The number of anilines is 1. The Balaban J connectivity index is 0.000000383. The van der Waals surface area contributed by atoms with Crippen molar-refractivity contribution in [2.75, 3.05) is 25.0 Å². The summed E-state index contributed by atoms with van der Waals surface area (Å²) < 4.78 is 31.7. The van der Waals surface area contributed by atoms with Crippen LogP contribution < -0.4 is 4.90 Å². The predicted molar refractivity (Wildman–Crippen MR) is 116 cm³/mol. The number of nitrogens with zero attached hydrogens (tertiary/aromatic N) is 4. The molecule has 0 atom stereocenters. The third-order valence-electron chi connectivity index (χ3n) is 6.07. The molecule has 1 spiro atoms. The van der Waals surface area contributed by atoms with Crippen LogP contribution >= 0.6 is 0 Å². The van der Waals surface area contributed by atoms with Crippen LogP contribution in [-0.4, -0.2) is 58.2 Å². The first-order valence-electron chi connectivity index (χ1n) is 10.6. The number of aryl methyl sites for hydroxylation is 2. The summed E-state index contributed by atoms with van der Waals surface area (Å²) in [6.07, 6.45) is -2.55. The van der Waals surface area contributed by atoms with Gasteiger partial charge in [0, 0.05) is 38.1 Å². The molecule has 0 bridgehead atoms. The van der Waals surface area contributed by atoms with Gasteiger partial charge in [-0.25, -0.2) is 14.8 Å². The highest BCUT2D eigenvalue weighted by molar-refractivity contribution is 5.84. The molecule has 33 heavy (non-hydrogen) atoms. The number of benzene rings is 1. The lowest BCUT2D eigenvalue weighted by atomic mass is 9.73. The van der Waals surface area contributed by atoms with E-state index in [0.717, 1.165) is 49.7 Å². The van der Waals surface area contributed by atoms with E-state index in [2.05, 4.69) is 39.1 Å². The number of carboxylic acid groups (broad SMARTS) is 1. The monoisotopic (exact) mass is 464 g/mol. The molecule has 1 aromatic carbocycles. The van der Waals surface area contributed by atoms with Gasteiger partial charge >= 0.3 is 12.1 Å². The van der Waals surface area contributed by atoms with Gasteiger partial charge in [0.05, 0.1) is 5.41 Å². The molecule has 2 aliphatic heterocycles. The minimum absolute atomic E-state index is 0.287. The third-order valence-corrected chi connectivity index (χ3v) is 6.07. The fourth-order valence-electron chi connectivity index (χ4n) is 4.43. The Morgan fingerprint density at radius 1 is 1.06 bits per heavy atom. The van der Waals surface area contributed by atoms with Gasteiger partial charge in [-0.1, -0.05) is 24.3 Å². The van der Waals surface area contributed by atoms with Crippen LogP contribution in [0.3, 0.4) is 0 Å². The predicted octanol–water partition coefficient (Wildman–Crippen LogP) is 3.53. The minimum atomic E-state index is -5.08. The number of amides is 1. The van der Waals surface area contributed by atoms with Crippen molar-refractivity contribution in [3.63, 3.8) is 0 Å². The molecular weight excluding hydrogens is 437 g/mol. The zero-order valence-corrected chi connectivity index (χ0v) is 18.8. The van der Waals surface area contributed by atoms with Gasteiger partial charge in [0.15, 0.2) is 0 Å². The quantitative estimate of drug-likeness (QED) is 0.695. The molecule has 4 rings (SSSR count). The van der Waals surface area contributed by atoms with Gasteiger partial charge in [-0.05, 0) is 50.3 Å². The average molecular weight is 464 g/mol. The van der Waals surface area contributed by atoms with E-state index < -0.39 is 12.1 Å². The lowest BCUT2D eigenvalue weighted by Crippen LogP contribution is -2.49. The smallest absolute Gasteiger partial charge is 0.475 e. The van der Waals surface area contributed by atoms with E-state index >= 15 is 0 Å². The summed E-state index contributed by atoms with van der Waals surface area (Å²) in [4.78, 5) is 35.5. The summed E-state index contributed by atoms with van der Waals surface area (Å²) in [5, 5.41) is 7.12. The molecule has 178 valence electrons. The van der Waals surface area contributed by atoms with E-state index in [1.165, 1.54) is 11.1 Å². The second-order valence-electron chi connectivity index (χ2n) is 8.63. The number of rotatable bonds is 1. The molecule has 10 heteroatoms. The molecule has 7 nitrogen and oxygen atoms in total. The van der Waals surface area contributed by atoms with Crippen molar-refractivity contribution in [3.8, 4) is 0 Å². The Kier molecular flexibility index (Phi) is 6.94. The van der Waals surface area contributed by atoms with Crippen LogP contribution in [0.4, 0.5) is 19.1 Å². The second kappa shape index (κ2) is 9.36. The number of aromatic nitrogens is 2. The van der Waals surface area contributed by atoms with Crippen LogP contribution in [0.25, 0.3) is 0 Å². The van der Waals surface area contributed by atoms with Gasteiger partial charge in [-0.2, -0.15) is 13.2 Å². The van der Waals surface area contributed by atoms with E-state index in [4.69, 9.17) is 9.90 Å². The van der Waals surface area contributed by atoms with E-state index in [1.54, 1.807) is 0 Å². The van der Waals surface area contributed by atoms with Crippen molar-refractivity contribution in [1.82, 2.24) is 14.9 Å². The zero-order valence-electron chi connectivity index (χ0n) is 18.8. The molecule has 1 amide bonds. The van der Waals surface area contributed by atoms with Crippen LogP contribution in [0.5, 0.6) is 0 Å². The van der Waals surface area contributed by atoms with E-state index in [0.29, 0.717) is 6.54 Å². The number of fused-ring (bicyclic) bond motifs is 1. The fourth-order valence-corrected chi connectivity index (χ4v) is 4.43. The highest BCUT2D eigenvalue weighted by Crippen LogP contribution is 2.40. The van der Waals surface area contributed by atoms with Crippen LogP contribution in [0.15, 0.2) is 30.3 Å². The Bertz CT molecular complexity index is 1010. The average Bonchev–Trinajstić information content (AvgIpc) is 2.83. The first-order valence-corrected chi connectivity index (χ1v) is 10.6. The van der Waals surface area contributed by atoms with Gasteiger partial charge in [0.2, 0.25) is 11.9 Å². The van der Waals surface area contributed by atoms with Gasteiger partial charge < -0.3 is 14.9 Å². The third kappa shape index (κ3) is 5.61. The Labute approximate surface area is 190 Å². The SMILES string of the molecule is Cc1cc(C)nc(N2CCC3(CC2)Cc2ccccc2CN(C)C3=O)n1.O=C(O)C(F)(F)F. The van der Waals surface area contributed by atoms with Gasteiger partial charge in [-0.3, -0.25) is 4.79 Å². The van der Waals surface area contributed by atoms with Crippen molar-refractivity contribution >= 4 is 17.8 Å². The summed E-state index contributed by atoms with van der Waals surface area (Å²) in [6, 6.07) is 10.5. The number of halogens is 3. The first kappa shape index (κ1) is 24.5. The number of piperidine rings is 1. The summed E-state index contributed by atoms with van der Waals surface area (Å²) in [6.45, 7) is 6.37. The van der Waals surface area contributed by atoms with Crippen LogP contribution in [0.2, 0.25) is 0 Å². The van der Waals surface area contributed by atoms with Gasteiger partial charge in [0.1, 0.15) is 0 Å². The lowest BCUT2D eigenvalue weighted by molar-refractivity contribution is -0.192. The van der Waals surface area contributed by atoms with Crippen molar-refractivity contribution in [2.24, 2.45) is 5.41 Å². The second-order valence-corrected chi connectivity index (χ2v) is 8.63. The molecule has 3 heterocycles. The number of carboxylic acids is 1. The number of carbonyl (C=O) groups is 2. The minimum Gasteiger partial charge on any atom is -0.475 e. The molecule has 1 saturated heterocycles. The summed E-state index contributed by atoms with van der Waals surface area (Å²) in [5.41, 5.74) is 4.29. The van der Waals surface area contributed by atoms with Gasteiger partial charge in [-0.15, -0.1) is 0 Å². The van der Waals surface area contributed by atoms with E-state index in [1.807, 2.05) is 31.9 Å². The normalized spacial score (nSPS) is 17.7. The first-order chi connectivity index (χ1) is 15.4. The van der Waals surface area contributed by atoms with Crippen LogP contribution in [-0.2, 0) is 22.6 Å². The number of hydrogen-bond donors (Lipinski definition) is 1. The number of hydrogen-bond acceptors (Lipinski definition) is 5. The molecule has 2 aliphatic rings. The molecule has 0 unspecified atom stereocenters. The maximum Gasteiger partial charge on any atom is 0.490 e. The number of carbonyl (C=O) groups excluding carboxylic acids is 1. The molecule has 0 aliphatic carbocycles. The Morgan fingerprint density at radius 3 is 2.09 bits per heavy atom. The van der Waals surface area contributed by atoms with Crippen LogP contribution in [0, 0.1) is 19.3 Å². The topological polar surface area (TPSA) is 86.6 Å². The maximum atomic E-state index is 13.2. The highest BCUT2D eigenvalue weighted by atomic mass is 19.4. The summed E-state index contributed by atoms with van der Waals surface area (Å²) >= 11 is 0. The van der Waals surface area contributed by atoms with Crippen molar-refractivity contribution in [2.45, 2.75) is 45.8 Å². The Hall–Kier alpha value is -3.17. The molecule has 0 radical (unpaired) electrons. The largest absolute Gasteiger partial charge is 0.490 e. The van der Waals surface area contributed by atoms with Gasteiger partial charge in [0.25, 0.3) is 0 Å². The van der Waals surface area contributed by atoms with Crippen molar-refractivity contribution < 1.29 is 27.9 Å². The molecule has 1 fully saturated rings. The zero-order chi connectivity index (χ0) is 24.4. The van der Waals surface area contributed by atoms with Crippen molar-refractivity contribution in [1.29, 1.82) is 0 Å².